The van der Waals surface area contributed by atoms with Crippen molar-refractivity contribution in [2.75, 3.05) is 37.8 Å². The van der Waals surface area contributed by atoms with Crippen LogP contribution in [0.25, 0.3) is 11.1 Å². The molecule has 0 saturated carbocycles. The summed E-state index contributed by atoms with van der Waals surface area (Å²) in [6.45, 7) is 1.38. The van der Waals surface area contributed by atoms with Crippen molar-refractivity contribution in [1.29, 1.82) is 0 Å². The van der Waals surface area contributed by atoms with E-state index in [1.54, 1.807) is 30.3 Å². The topological polar surface area (TPSA) is 123 Å². The van der Waals surface area contributed by atoms with E-state index in [1.165, 1.54) is 7.11 Å². The molecule has 0 radical (unpaired) electrons. The number of aliphatic hydroxyl groups is 1. The average Bonchev–Trinajstić information content (AvgIpc) is 3.00. The molecule has 10 heteroatoms. The third-order valence-corrected chi connectivity index (χ3v) is 6.89. The van der Waals surface area contributed by atoms with Crippen molar-refractivity contribution in [3.63, 3.8) is 0 Å². The molecule has 4 aromatic rings. The zero-order chi connectivity index (χ0) is 30.0. The molecular formula is C32H34N2O7S. The first kappa shape index (κ1) is 30.6. The van der Waals surface area contributed by atoms with E-state index in [4.69, 9.17) is 14.2 Å². The summed E-state index contributed by atoms with van der Waals surface area (Å²) in [6, 6.07) is 29.3. The fraction of sp³-hybridized carbons (Fsp3) is 0.219. The minimum Gasteiger partial charge on any atom is -0.492 e. The van der Waals surface area contributed by atoms with Crippen molar-refractivity contribution in [2.24, 2.45) is 0 Å². The highest BCUT2D eigenvalue weighted by Crippen LogP contribution is 2.30. The first-order valence-electron chi connectivity index (χ1n) is 13.3. The first-order valence-corrected chi connectivity index (χ1v) is 15.2. The second-order valence-corrected chi connectivity index (χ2v) is 11.3. The molecule has 0 fully saturated rings. The number of benzene rings is 4. The van der Waals surface area contributed by atoms with Gasteiger partial charge in [-0.15, -0.1) is 0 Å². The number of nitrogens with one attached hydrogen (secondary N) is 2. The number of sulfonamides is 1. The molecule has 0 heterocycles. The van der Waals surface area contributed by atoms with E-state index in [0.29, 0.717) is 35.8 Å². The van der Waals surface area contributed by atoms with Crippen LogP contribution in [0.1, 0.15) is 27.6 Å². The van der Waals surface area contributed by atoms with Crippen molar-refractivity contribution < 1.29 is 32.5 Å². The zero-order valence-corrected chi connectivity index (χ0v) is 24.3. The van der Waals surface area contributed by atoms with Crippen LogP contribution in [0.3, 0.4) is 0 Å². The SMILES string of the molecule is COC(=O)c1ccc(-c2ccc(OCCNC[C@@H](O)c3ccc(OCc4ccccc4)c(NS(C)(=O)=O)c3)cc2)cc1. The maximum atomic E-state index is 11.9. The second-order valence-electron chi connectivity index (χ2n) is 9.57. The summed E-state index contributed by atoms with van der Waals surface area (Å²) in [4.78, 5) is 11.6. The number of rotatable bonds is 14. The van der Waals surface area contributed by atoms with Crippen molar-refractivity contribution in [3.05, 3.63) is 114 Å². The van der Waals surface area contributed by atoms with E-state index in [1.807, 2.05) is 66.7 Å². The Morgan fingerprint density at radius 2 is 1.55 bits per heavy atom. The van der Waals surface area contributed by atoms with E-state index in [2.05, 4.69) is 10.0 Å². The molecule has 0 amide bonds. The normalized spacial score (nSPS) is 11.9. The standard InChI is InChI=1S/C32H34N2O7S/c1-39-32(36)26-10-8-24(9-11-26)25-12-15-28(16-13-25)40-19-18-33-21-30(35)27-14-17-31(29(20-27)34-42(2,37)38)41-22-23-6-4-3-5-7-23/h3-17,20,30,33-35H,18-19,21-22H2,1-2H3/t30-/m1/s1. The van der Waals surface area contributed by atoms with E-state index < -0.39 is 16.1 Å². The molecule has 42 heavy (non-hydrogen) atoms. The maximum absolute atomic E-state index is 11.9. The van der Waals surface area contributed by atoms with Crippen LogP contribution in [0.4, 0.5) is 5.69 Å². The van der Waals surface area contributed by atoms with Gasteiger partial charge in [0.25, 0.3) is 0 Å². The first-order chi connectivity index (χ1) is 20.2. The third-order valence-electron chi connectivity index (χ3n) is 6.30. The highest BCUT2D eigenvalue weighted by atomic mass is 32.2. The second kappa shape index (κ2) is 14.5. The molecule has 220 valence electrons. The number of methoxy groups -OCH3 is 1. The molecule has 0 saturated heterocycles. The molecule has 0 bridgehead atoms. The van der Waals surface area contributed by atoms with Gasteiger partial charge in [-0.05, 0) is 58.7 Å². The predicted molar refractivity (Wildman–Crippen MR) is 162 cm³/mol. The summed E-state index contributed by atoms with van der Waals surface area (Å²) < 4.78 is 42.7. The number of aliphatic hydroxyl groups excluding tert-OH is 1. The highest BCUT2D eigenvalue weighted by Gasteiger charge is 2.15. The number of anilines is 1. The van der Waals surface area contributed by atoms with Gasteiger partial charge in [-0.3, -0.25) is 4.72 Å². The Labute approximate surface area is 246 Å². The third kappa shape index (κ3) is 9.07. The van der Waals surface area contributed by atoms with Crippen molar-refractivity contribution in [1.82, 2.24) is 5.32 Å². The van der Waals surface area contributed by atoms with Crippen LogP contribution in [-0.4, -0.2) is 52.6 Å². The number of carbonyl (C=O) groups excluding carboxylic acids is 1. The molecule has 0 aliphatic carbocycles. The quantitative estimate of drug-likeness (QED) is 0.142. The molecule has 0 aliphatic heterocycles. The molecule has 9 nitrogen and oxygen atoms in total. The minimum atomic E-state index is -3.56. The van der Waals surface area contributed by atoms with Gasteiger partial charge in [0.1, 0.15) is 24.7 Å². The van der Waals surface area contributed by atoms with Gasteiger partial charge in [0.2, 0.25) is 10.0 Å². The lowest BCUT2D eigenvalue weighted by Crippen LogP contribution is -2.26. The molecule has 0 unspecified atom stereocenters. The van der Waals surface area contributed by atoms with Gasteiger partial charge in [-0.25, -0.2) is 13.2 Å². The maximum Gasteiger partial charge on any atom is 0.337 e. The van der Waals surface area contributed by atoms with Crippen LogP contribution in [0.5, 0.6) is 11.5 Å². The molecule has 3 N–H and O–H groups in total. The van der Waals surface area contributed by atoms with Crippen molar-refractivity contribution in [2.45, 2.75) is 12.7 Å². The van der Waals surface area contributed by atoms with E-state index >= 15 is 0 Å². The Kier molecular flexibility index (Phi) is 10.6. The molecule has 0 aliphatic rings. The Bertz CT molecular complexity index is 1560. The van der Waals surface area contributed by atoms with E-state index in [0.717, 1.165) is 22.9 Å². The Morgan fingerprint density at radius 3 is 2.19 bits per heavy atom. The largest absolute Gasteiger partial charge is 0.492 e. The van der Waals surface area contributed by atoms with Crippen molar-refractivity contribution >= 4 is 21.7 Å². The molecule has 1 atom stereocenters. The predicted octanol–water partition coefficient (Wildman–Crippen LogP) is 4.79. The number of hydrogen-bond acceptors (Lipinski definition) is 8. The molecule has 4 rings (SSSR count). The molecule has 0 spiro atoms. The van der Waals surface area contributed by atoms with Crippen molar-refractivity contribution in [3.8, 4) is 22.6 Å². The summed E-state index contributed by atoms with van der Waals surface area (Å²) in [7, 11) is -2.21. The van der Waals surface area contributed by atoms with Crippen LogP contribution < -0.4 is 19.5 Å². The fourth-order valence-corrected chi connectivity index (χ4v) is 4.71. The number of carbonyl (C=O) groups is 1. The average molecular weight is 591 g/mol. The van der Waals surface area contributed by atoms with Gasteiger partial charge < -0.3 is 24.6 Å². The molecular weight excluding hydrogens is 556 g/mol. The lowest BCUT2D eigenvalue weighted by Gasteiger charge is -2.17. The van der Waals surface area contributed by atoms with E-state index in [9.17, 15) is 18.3 Å². The summed E-state index contributed by atoms with van der Waals surface area (Å²) in [6.07, 6.45) is 0.189. The van der Waals surface area contributed by atoms with Crippen LogP contribution in [0.2, 0.25) is 0 Å². The van der Waals surface area contributed by atoms with Crippen LogP contribution in [0.15, 0.2) is 97.1 Å². The summed E-state index contributed by atoms with van der Waals surface area (Å²) in [5.41, 5.74) is 4.19. The van der Waals surface area contributed by atoms with Crippen LogP contribution in [0, 0.1) is 0 Å². The summed E-state index contributed by atoms with van der Waals surface area (Å²) >= 11 is 0. The smallest absolute Gasteiger partial charge is 0.337 e. The number of hydrogen-bond donors (Lipinski definition) is 3. The van der Waals surface area contributed by atoms with Gasteiger partial charge in [0.05, 0.1) is 30.7 Å². The zero-order valence-electron chi connectivity index (χ0n) is 23.4. The summed E-state index contributed by atoms with van der Waals surface area (Å²) in [5.74, 6) is 0.697. The highest BCUT2D eigenvalue weighted by molar-refractivity contribution is 7.92. The number of ether oxygens (including phenoxy) is 3. The minimum absolute atomic E-state index is 0.242. The van der Waals surface area contributed by atoms with Gasteiger partial charge in [-0.2, -0.15) is 0 Å². The lowest BCUT2D eigenvalue weighted by atomic mass is 10.0. The monoisotopic (exact) mass is 590 g/mol. The number of esters is 1. The van der Waals surface area contributed by atoms with Gasteiger partial charge >= 0.3 is 5.97 Å². The van der Waals surface area contributed by atoms with Gasteiger partial charge in [0, 0.05) is 13.1 Å². The lowest BCUT2D eigenvalue weighted by molar-refractivity contribution is 0.0600. The molecule has 0 aromatic heterocycles. The Morgan fingerprint density at radius 1 is 0.881 bits per heavy atom. The Hall–Kier alpha value is -4.38. The van der Waals surface area contributed by atoms with E-state index in [-0.39, 0.29) is 24.8 Å². The Balaban J connectivity index is 1.26. The van der Waals surface area contributed by atoms with Gasteiger partial charge in [0.15, 0.2) is 0 Å². The fourth-order valence-electron chi connectivity index (χ4n) is 4.15. The summed E-state index contributed by atoms with van der Waals surface area (Å²) in [5, 5.41) is 13.9. The van der Waals surface area contributed by atoms with Crippen LogP contribution in [-0.2, 0) is 21.4 Å². The van der Waals surface area contributed by atoms with Gasteiger partial charge in [-0.1, -0.05) is 60.7 Å². The molecule has 4 aromatic carbocycles. The van der Waals surface area contributed by atoms with Crippen LogP contribution >= 0.6 is 0 Å².